The zero-order valence-electron chi connectivity index (χ0n) is 19.4. The monoisotopic (exact) mass is 474 g/mol. The Hall–Kier alpha value is -2.09. The van der Waals surface area contributed by atoms with E-state index in [0.29, 0.717) is 12.5 Å². The van der Waals surface area contributed by atoms with E-state index in [1.165, 1.54) is 43.6 Å². The van der Waals surface area contributed by atoms with Crippen molar-refractivity contribution in [2.75, 3.05) is 32.7 Å². The maximum Gasteiger partial charge on any atom is 0.573 e. The molecule has 0 spiro atoms. The first-order valence-corrected chi connectivity index (χ1v) is 12.4. The summed E-state index contributed by atoms with van der Waals surface area (Å²) in [4.78, 5) is 4.83. The number of hydrogen-bond acceptors (Lipinski definition) is 4. The molecule has 4 nitrogen and oxygen atoms in total. The van der Waals surface area contributed by atoms with E-state index in [9.17, 15) is 18.3 Å². The molecule has 184 valence electrons. The fraction of sp³-hybridized carbons (Fsp3) is 0.556. The zero-order chi connectivity index (χ0) is 23.8. The second-order valence-corrected chi connectivity index (χ2v) is 10.2. The van der Waals surface area contributed by atoms with Crippen LogP contribution in [0.4, 0.5) is 13.2 Å². The highest BCUT2D eigenvalue weighted by atomic mass is 19.4. The van der Waals surface area contributed by atoms with E-state index in [1.54, 1.807) is 12.1 Å². The van der Waals surface area contributed by atoms with E-state index in [1.807, 2.05) is 0 Å². The van der Waals surface area contributed by atoms with Crippen LogP contribution in [0.25, 0.3) is 0 Å². The predicted molar refractivity (Wildman–Crippen MR) is 124 cm³/mol. The number of benzene rings is 2. The van der Waals surface area contributed by atoms with E-state index in [2.05, 4.69) is 38.8 Å². The first kappa shape index (κ1) is 23.6. The van der Waals surface area contributed by atoms with E-state index in [0.717, 1.165) is 50.0 Å². The van der Waals surface area contributed by atoms with Crippen LogP contribution in [0.15, 0.2) is 48.5 Å². The first-order chi connectivity index (χ1) is 16.3. The molecule has 0 aromatic heterocycles. The Labute approximate surface area is 199 Å². The molecule has 2 aromatic carbocycles. The van der Waals surface area contributed by atoms with Crippen LogP contribution in [-0.4, -0.2) is 54.0 Å². The minimum absolute atomic E-state index is 0.177. The Kier molecular flexibility index (Phi) is 6.62. The normalized spacial score (nSPS) is 27.9. The van der Waals surface area contributed by atoms with Crippen molar-refractivity contribution >= 4 is 0 Å². The molecule has 2 aromatic rings. The quantitative estimate of drug-likeness (QED) is 0.616. The zero-order valence-corrected chi connectivity index (χ0v) is 19.4. The lowest BCUT2D eigenvalue weighted by atomic mass is 9.82. The van der Waals surface area contributed by atoms with Crippen LogP contribution in [0.2, 0.25) is 0 Å². The van der Waals surface area contributed by atoms with Crippen LogP contribution in [0.5, 0.6) is 5.75 Å². The van der Waals surface area contributed by atoms with Crippen molar-refractivity contribution < 1.29 is 23.0 Å². The van der Waals surface area contributed by atoms with Gasteiger partial charge in [0.05, 0.1) is 5.60 Å². The van der Waals surface area contributed by atoms with Crippen molar-refractivity contribution in [3.05, 3.63) is 65.2 Å². The van der Waals surface area contributed by atoms with E-state index < -0.39 is 12.0 Å². The lowest BCUT2D eigenvalue weighted by Crippen LogP contribution is -2.34. The molecule has 1 saturated carbocycles. The maximum absolute atomic E-state index is 12.4. The summed E-state index contributed by atoms with van der Waals surface area (Å²) in [5, 5.41) is 11.7. The number of nitrogens with zero attached hydrogens (tertiary/aromatic N) is 2. The molecule has 5 rings (SSSR count). The van der Waals surface area contributed by atoms with Crippen LogP contribution in [0.1, 0.15) is 42.4 Å². The highest BCUT2D eigenvalue weighted by Crippen LogP contribution is 2.50. The molecule has 2 aliphatic heterocycles. The Bertz CT molecular complexity index is 957. The van der Waals surface area contributed by atoms with Crippen LogP contribution < -0.4 is 4.74 Å². The summed E-state index contributed by atoms with van der Waals surface area (Å²) in [6, 6.07) is 14.7. The number of ether oxygens (including phenoxy) is 1. The average Bonchev–Trinajstić information content (AvgIpc) is 3.52. The Morgan fingerprint density at radius 3 is 2.26 bits per heavy atom. The summed E-state index contributed by atoms with van der Waals surface area (Å²) in [5.41, 5.74) is 2.47. The van der Waals surface area contributed by atoms with Gasteiger partial charge in [0.1, 0.15) is 5.75 Å². The molecular weight excluding hydrogens is 441 g/mol. The van der Waals surface area contributed by atoms with Gasteiger partial charge < -0.3 is 14.7 Å². The summed E-state index contributed by atoms with van der Waals surface area (Å²) in [6.45, 7) is 5.88. The highest BCUT2D eigenvalue weighted by molar-refractivity contribution is 5.31. The molecule has 3 atom stereocenters. The van der Waals surface area contributed by atoms with Crippen LogP contribution in [-0.2, 0) is 18.6 Å². The molecule has 1 N–H and O–H groups in total. The number of fused-ring (bicyclic) bond motifs is 1. The fourth-order valence-corrected chi connectivity index (χ4v) is 6.18. The number of alkyl halides is 3. The van der Waals surface area contributed by atoms with Crippen molar-refractivity contribution in [3.63, 3.8) is 0 Å². The Morgan fingerprint density at radius 1 is 0.912 bits per heavy atom. The van der Waals surface area contributed by atoms with Gasteiger partial charge in [0.25, 0.3) is 0 Å². The van der Waals surface area contributed by atoms with Crippen LogP contribution >= 0.6 is 0 Å². The van der Waals surface area contributed by atoms with Gasteiger partial charge in [-0.15, -0.1) is 13.2 Å². The highest BCUT2D eigenvalue weighted by Gasteiger charge is 2.52. The lowest BCUT2D eigenvalue weighted by Gasteiger charge is -2.31. The fourth-order valence-electron chi connectivity index (χ4n) is 6.18. The van der Waals surface area contributed by atoms with E-state index in [-0.39, 0.29) is 11.7 Å². The summed E-state index contributed by atoms with van der Waals surface area (Å²) in [7, 11) is 0. The number of halogens is 3. The Balaban J connectivity index is 1.18. The smallest absolute Gasteiger partial charge is 0.406 e. The average molecular weight is 475 g/mol. The van der Waals surface area contributed by atoms with E-state index in [4.69, 9.17) is 0 Å². The number of likely N-dealkylation sites (tertiary alicyclic amines) is 2. The summed E-state index contributed by atoms with van der Waals surface area (Å²) < 4.78 is 41.1. The lowest BCUT2D eigenvalue weighted by molar-refractivity contribution is -0.274. The largest absolute Gasteiger partial charge is 0.573 e. The second kappa shape index (κ2) is 9.51. The molecule has 3 aliphatic rings. The second-order valence-electron chi connectivity index (χ2n) is 10.2. The molecule has 1 aliphatic carbocycles. The molecule has 0 bridgehead atoms. The molecule has 7 heteroatoms. The minimum Gasteiger partial charge on any atom is -0.406 e. The molecule has 0 radical (unpaired) electrons. The Morgan fingerprint density at radius 2 is 1.59 bits per heavy atom. The van der Waals surface area contributed by atoms with Gasteiger partial charge in [0, 0.05) is 32.1 Å². The summed E-state index contributed by atoms with van der Waals surface area (Å²) in [6.07, 6.45) is 0.766. The standard InChI is InChI=1S/C27H33F3N2O2/c28-27(29,30)34-24-9-5-21(6-10-24)17-32-18-22-11-13-26(33,25(22)19-32)23-7-3-20(4-8-23)12-16-31-14-1-2-15-31/h3-10,22,25,33H,1-2,11-19H2. The van der Waals surface area contributed by atoms with Crippen LogP contribution in [0.3, 0.4) is 0 Å². The summed E-state index contributed by atoms with van der Waals surface area (Å²) in [5.74, 6) is 0.413. The van der Waals surface area contributed by atoms with Gasteiger partial charge in [-0.05, 0) is 79.9 Å². The molecule has 2 heterocycles. The van der Waals surface area contributed by atoms with Gasteiger partial charge in [-0.3, -0.25) is 4.90 Å². The van der Waals surface area contributed by atoms with Crippen molar-refractivity contribution in [1.82, 2.24) is 9.80 Å². The number of hydrogen-bond donors (Lipinski definition) is 1. The van der Waals surface area contributed by atoms with Crippen molar-refractivity contribution in [2.45, 2.75) is 50.6 Å². The number of rotatable bonds is 7. The first-order valence-electron chi connectivity index (χ1n) is 12.4. The minimum atomic E-state index is -4.68. The molecule has 34 heavy (non-hydrogen) atoms. The third kappa shape index (κ3) is 5.26. The molecule has 2 saturated heterocycles. The maximum atomic E-state index is 12.4. The number of aliphatic hydroxyl groups is 1. The SMILES string of the molecule is OC1(c2ccc(CCN3CCCC3)cc2)CCC2CN(Cc3ccc(OC(F)(F)F)cc3)CC21. The van der Waals surface area contributed by atoms with Crippen molar-refractivity contribution in [1.29, 1.82) is 0 Å². The summed E-state index contributed by atoms with van der Waals surface area (Å²) >= 11 is 0. The molecule has 3 fully saturated rings. The van der Waals surface area contributed by atoms with E-state index >= 15 is 0 Å². The van der Waals surface area contributed by atoms with Crippen LogP contribution in [0, 0.1) is 11.8 Å². The van der Waals surface area contributed by atoms with Gasteiger partial charge in [0.15, 0.2) is 0 Å². The van der Waals surface area contributed by atoms with Gasteiger partial charge in [-0.1, -0.05) is 36.4 Å². The van der Waals surface area contributed by atoms with Crippen molar-refractivity contribution in [2.24, 2.45) is 11.8 Å². The van der Waals surface area contributed by atoms with Gasteiger partial charge in [-0.25, -0.2) is 0 Å². The molecule has 3 unspecified atom stereocenters. The third-order valence-corrected chi connectivity index (χ3v) is 7.96. The van der Waals surface area contributed by atoms with Gasteiger partial charge in [0.2, 0.25) is 0 Å². The predicted octanol–water partition coefficient (Wildman–Crippen LogP) is 4.95. The van der Waals surface area contributed by atoms with Crippen molar-refractivity contribution in [3.8, 4) is 5.75 Å². The molecular formula is C27H33F3N2O2. The van der Waals surface area contributed by atoms with Gasteiger partial charge in [-0.2, -0.15) is 0 Å². The third-order valence-electron chi connectivity index (χ3n) is 7.96. The topological polar surface area (TPSA) is 35.9 Å². The molecule has 0 amide bonds. The van der Waals surface area contributed by atoms with Gasteiger partial charge >= 0.3 is 6.36 Å².